The van der Waals surface area contributed by atoms with Crippen LogP contribution in [-0.2, 0) is 13.1 Å². The summed E-state index contributed by atoms with van der Waals surface area (Å²) >= 11 is 0. The number of benzene rings is 2. The van der Waals surface area contributed by atoms with Crippen LogP contribution in [0, 0.1) is 11.7 Å². The van der Waals surface area contributed by atoms with E-state index in [2.05, 4.69) is 9.13 Å². The van der Waals surface area contributed by atoms with Gasteiger partial charge in [0.15, 0.2) is 5.82 Å². The van der Waals surface area contributed by atoms with Crippen LogP contribution in [0.3, 0.4) is 0 Å². The van der Waals surface area contributed by atoms with Gasteiger partial charge < -0.3 is 19.0 Å². The van der Waals surface area contributed by atoms with Crippen LogP contribution in [0.25, 0.3) is 33.5 Å². The van der Waals surface area contributed by atoms with Gasteiger partial charge in [0.25, 0.3) is 0 Å². The molecule has 29 heavy (non-hydrogen) atoms. The predicted octanol–water partition coefficient (Wildman–Crippen LogP) is 4.30. The molecule has 3 heterocycles. The Kier molecular flexibility index (Phi) is 3.33. The normalized spacial score (nSPS) is 15.8. The maximum absolute atomic E-state index is 13.8. The highest BCUT2D eigenvalue weighted by molar-refractivity contribution is 5.97. The molecule has 2 aromatic heterocycles. The van der Waals surface area contributed by atoms with Gasteiger partial charge in [-0.05, 0) is 55.2 Å². The lowest BCUT2D eigenvalue weighted by Crippen LogP contribution is -2.16. The molecule has 0 atom stereocenters. The SMILES string of the molecule is O=C(O)c1cc2c3c(c1)nc(-c1cc4cc(F)ccc4n1CC1CC1)n3CCO2. The molecular weight excluding hydrogens is 373 g/mol. The van der Waals surface area contributed by atoms with Gasteiger partial charge in [0, 0.05) is 17.4 Å². The van der Waals surface area contributed by atoms with Crippen LogP contribution in [0.1, 0.15) is 23.2 Å². The highest BCUT2D eigenvalue weighted by Crippen LogP contribution is 2.39. The zero-order chi connectivity index (χ0) is 19.7. The van der Waals surface area contributed by atoms with Crippen molar-refractivity contribution in [3.63, 3.8) is 0 Å². The number of hydrogen-bond donors (Lipinski definition) is 1. The number of carbonyl (C=O) groups is 1. The van der Waals surface area contributed by atoms with Crippen LogP contribution < -0.4 is 4.74 Å². The molecule has 2 aliphatic rings. The van der Waals surface area contributed by atoms with Gasteiger partial charge in [0.05, 0.1) is 23.3 Å². The Labute approximate surface area is 165 Å². The molecule has 146 valence electrons. The van der Waals surface area contributed by atoms with E-state index >= 15 is 0 Å². The number of nitrogens with zero attached hydrogens (tertiary/aromatic N) is 3. The van der Waals surface area contributed by atoms with Gasteiger partial charge in [0.2, 0.25) is 0 Å². The first kappa shape index (κ1) is 16.6. The van der Waals surface area contributed by atoms with Crippen LogP contribution >= 0.6 is 0 Å². The summed E-state index contributed by atoms with van der Waals surface area (Å²) in [4.78, 5) is 16.3. The second kappa shape index (κ2) is 5.83. The van der Waals surface area contributed by atoms with Crippen molar-refractivity contribution >= 4 is 27.9 Å². The average molecular weight is 391 g/mol. The summed E-state index contributed by atoms with van der Waals surface area (Å²) in [5.74, 6) is 0.679. The number of halogens is 1. The van der Waals surface area contributed by atoms with E-state index in [4.69, 9.17) is 9.72 Å². The molecule has 0 spiro atoms. The number of rotatable bonds is 4. The van der Waals surface area contributed by atoms with Crippen molar-refractivity contribution in [1.29, 1.82) is 0 Å². The fourth-order valence-electron chi connectivity index (χ4n) is 4.31. The largest absolute Gasteiger partial charge is 0.489 e. The summed E-state index contributed by atoms with van der Waals surface area (Å²) in [6.07, 6.45) is 2.41. The third kappa shape index (κ3) is 2.53. The van der Waals surface area contributed by atoms with E-state index in [1.165, 1.54) is 18.9 Å². The van der Waals surface area contributed by atoms with Crippen LogP contribution in [-0.4, -0.2) is 31.8 Å². The third-order valence-electron chi connectivity index (χ3n) is 5.86. The molecule has 0 bridgehead atoms. The summed E-state index contributed by atoms with van der Waals surface area (Å²) in [7, 11) is 0. The molecule has 1 saturated carbocycles. The topological polar surface area (TPSA) is 69.3 Å². The number of ether oxygens (including phenoxy) is 1. The molecule has 4 aromatic rings. The van der Waals surface area contributed by atoms with E-state index in [0.717, 1.165) is 34.5 Å². The lowest BCUT2D eigenvalue weighted by Gasteiger charge is -2.19. The zero-order valence-corrected chi connectivity index (χ0v) is 15.6. The van der Waals surface area contributed by atoms with Gasteiger partial charge >= 0.3 is 5.97 Å². The fourth-order valence-corrected chi connectivity index (χ4v) is 4.31. The molecule has 0 unspecified atom stereocenters. The Morgan fingerprint density at radius 1 is 1.24 bits per heavy atom. The predicted molar refractivity (Wildman–Crippen MR) is 106 cm³/mol. The lowest BCUT2D eigenvalue weighted by molar-refractivity contribution is 0.0696. The maximum Gasteiger partial charge on any atom is 0.335 e. The van der Waals surface area contributed by atoms with Crippen molar-refractivity contribution in [2.45, 2.75) is 25.9 Å². The van der Waals surface area contributed by atoms with Gasteiger partial charge in [0.1, 0.15) is 23.7 Å². The minimum absolute atomic E-state index is 0.159. The maximum atomic E-state index is 13.8. The third-order valence-corrected chi connectivity index (χ3v) is 5.86. The number of aromatic carboxylic acids is 1. The van der Waals surface area contributed by atoms with Crippen LogP contribution in [0.15, 0.2) is 36.4 Å². The molecular formula is C22H18FN3O3. The molecule has 6 nitrogen and oxygen atoms in total. The number of hydrogen-bond acceptors (Lipinski definition) is 3. The molecule has 2 aromatic carbocycles. The first-order valence-corrected chi connectivity index (χ1v) is 9.78. The van der Waals surface area contributed by atoms with Crippen LogP contribution in [0.5, 0.6) is 5.75 Å². The van der Waals surface area contributed by atoms with Gasteiger partial charge in [-0.15, -0.1) is 0 Å². The Morgan fingerprint density at radius 2 is 2.10 bits per heavy atom. The van der Waals surface area contributed by atoms with E-state index in [1.807, 2.05) is 12.1 Å². The second-order valence-corrected chi connectivity index (χ2v) is 7.87. The van der Waals surface area contributed by atoms with Crippen LogP contribution in [0.4, 0.5) is 4.39 Å². The first-order chi connectivity index (χ1) is 14.1. The van der Waals surface area contributed by atoms with Crippen LogP contribution in [0.2, 0.25) is 0 Å². The van der Waals surface area contributed by atoms with Crippen molar-refractivity contribution in [2.24, 2.45) is 5.92 Å². The van der Waals surface area contributed by atoms with Crippen molar-refractivity contribution in [1.82, 2.24) is 14.1 Å². The number of carboxylic acids is 1. The summed E-state index contributed by atoms with van der Waals surface area (Å²) in [6.45, 7) is 1.95. The monoisotopic (exact) mass is 391 g/mol. The summed E-state index contributed by atoms with van der Waals surface area (Å²) in [6, 6.07) is 10.0. The van der Waals surface area contributed by atoms with Crippen molar-refractivity contribution < 1.29 is 19.0 Å². The Morgan fingerprint density at radius 3 is 2.90 bits per heavy atom. The van der Waals surface area contributed by atoms with Crippen molar-refractivity contribution in [3.05, 3.63) is 47.8 Å². The Hall–Kier alpha value is -3.35. The highest BCUT2D eigenvalue weighted by atomic mass is 19.1. The van der Waals surface area contributed by atoms with Crippen molar-refractivity contribution in [3.8, 4) is 17.3 Å². The van der Waals surface area contributed by atoms with E-state index in [0.29, 0.717) is 30.3 Å². The van der Waals surface area contributed by atoms with Gasteiger partial charge in [-0.3, -0.25) is 0 Å². The standard InChI is InChI=1S/C22H18FN3O3/c23-15-3-4-17-13(7-15)9-18(26(17)11-12-1-2-12)21-24-16-8-14(22(27)28)10-19-20(16)25(21)5-6-29-19/h3-4,7-10,12H,1-2,5-6,11H2,(H,27,28). The number of carboxylic acid groups (broad SMARTS) is 1. The highest BCUT2D eigenvalue weighted by Gasteiger charge is 2.28. The summed E-state index contributed by atoms with van der Waals surface area (Å²) < 4.78 is 23.9. The first-order valence-electron chi connectivity index (χ1n) is 9.78. The molecule has 7 heteroatoms. The Balaban J connectivity index is 1.63. The molecule has 0 saturated heterocycles. The molecule has 1 aliphatic heterocycles. The molecule has 1 fully saturated rings. The second-order valence-electron chi connectivity index (χ2n) is 7.87. The molecule has 0 radical (unpaired) electrons. The minimum Gasteiger partial charge on any atom is -0.489 e. The summed E-state index contributed by atoms with van der Waals surface area (Å²) in [5, 5.41) is 10.3. The van der Waals surface area contributed by atoms with Crippen molar-refractivity contribution in [2.75, 3.05) is 6.61 Å². The quantitative estimate of drug-likeness (QED) is 0.563. The van der Waals surface area contributed by atoms with Gasteiger partial charge in [-0.25, -0.2) is 14.2 Å². The van der Waals surface area contributed by atoms with E-state index in [9.17, 15) is 14.3 Å². The minimum atomic E-state index is -1.01. The molecule has 1 N–H and O–H groups in total. The summed E-state index contributed by atoms with van der Waals surface area (Å²) in [5.41, 5.74) is 3.49. The fraction of sp³-hybridized carbons (Fsp3) is 0.273. The number of imidazole rings is 1. The van der Waals surface area contributed by atoms with Gasteiger partial charge in [-0.2, -0.15) is 0 Å². The van der Waals surface area contributed by atoms with Gasteiger partial charge in [-0.1, -0.05) is 0 Å². The number of fused-ring (bicyclic) bond motifs is 1. The Bertz CT molecular complexity index is 1320. The smallest absolute Gasteiger partial charge is 0.335 e. The van der Waals surface area contributed by atoms with E-state index in [-0.39, 0.29) is 11.4 Å². The number of aromatic nitrogens is 3. The van der Waals surface area contributed by atoms with E-state index < -0.39 is 5.97 Å². The van der Waals surface area contributed by atoms with E-state index in [1.54, 1.807) is 18.2 Å². The molecule has 1 aliphatic carbocycles. The molecule has 0 amide bonds. The average Bonchev–Trinajstić information content (AvgIpc) is 3.35. The molecule has 6 rings (SSSR count). The zero-order valence-electron chi connectivity index (χ0n) is 15.6. The lowest BCUT2D eigenvalue weighted by atomic mass is 10.1.